The summed E-state index contributed by atoms with van der Waals surface area (Å²) in [6, 6.07) is 10.9. The molecule has 0 bridgehead atoms. The van der Waals surface area contributed by atoms with Crippen molar-refractivity contribution >= 4 is 22.6 Å². The summed E-state index contributed by atoms with van der Waals surface area (Å²) in [7, 11) is 1.62. The molecule has 2 N–H and O–H groups in total. The van der Waals surface area contributed by atoms with Crippen LogP contribution in [0, 0.1) is 0 Å². The zero-order valence-corrected chi connectivity index (χ0v) is 12.2. The molecule has 2 aromatic carbocycles. The van der Waals surface area contributed by atoms with Crippen molar-refractivity contribution in [2.45, 2.75) is 6.04 Å². The summed E-state index contributed by atoms with van der Waals surface area (Å²) in [6.07, 6.45) is 3.33. The first kappa shape index (κ1) is 13.8. The van der Waals surface area contributed by atoms with Crippen LogP contribution in [0.1, 0.15) is 17.2 Å². The molecule has 0 aliphatic rings. The van der Waals surface area contributed by atoms with Crippen molar-refractivity contribution in [2.24, 2.45) is 5.73 Å². The molecular weight excluding hydrogens is 286 g/mol. The minimum Gasteiger partial charge on any atom is -0.496 e. The lowest BCUT2D eigenvalue weighted by Gasteiger charge is -2.16. The third kappa shape index (κ3) is 2.68. The fourth-order valence-corrected chi connectivity index (χ4v) is 2.48. The number of hydrogen-bond acceptors (Lipinski definition) is 4. The summed E-state index contributed by atoms with van der Waals surface area (Å²) in [5, 5.41) is 0.627. The number of nitrogens with two attached hydrogens (primary N) is 1. The topological polar surface area (TPSA) is 61.0 Å². The molecule has 3 aromatic rings. The zero-order chi connectivity index (χ0) is 14.8. The summed E-state index contributed by atoms with van der Waals surface area (Å²) in [5.41, 5.74) is 9.79. The first-order valence-electron chi connectivity index (χ1n) is 6.49. The molecule has 0 spiro atoms. The van der Waals surface area contributed by atoms with Crippen LogP contribution >= 0.6 is 11.6 Å². The van der Waals surface area contributed by atoms with Gasteiger partial charge in [-0.2, -0.15) is 0 Å². The van der Waals surface area contributed by atoms with Crippen molar-refractivity contribution < 1.29 is 4.74 Å². The normalized spacial score (nSPS) is 12.3. The number of fused-ring (bicyclic) bond motifs is 1. The number of nitrogens with zero attached hydrogens (tertiary/aromatic N) is 2. The van der Waals surface area contributed by atoms with E-state index in [1.807, 2.05) is 30.3 Å². The molecule has 0 amide bonds. The lowest BCUT2D eigenvalue weighted by atomic mass is 9.98. The Morgan fingerprint density at radius 2 is 1.81 bits per heavy atom. The highest BCUT2D eigenvalue weighted by Crippen LogP contribution is 2.31. The second kappa shape index (κ2) is 5.68. The van der Waals surface area contributed by atoms with Crippen molar-refractivity contribution in [2.75, 3.05) is 7.11 Å². The summed E-state index contributed by atoms with van der Waals surface area (Å²) >= 11 is 6.07. The highest BCUT2D eigenvalue weighted by Gasteiger charge is 2.15. The van der Waals surface area contributed by atoms with Crippen molar-refractivity contribution in [3.05, 3.63) is 64.9 Å². The predicted molar refractivity (Wildman–Crippen MR) is 83.6 cm³/mol. The molecule has 1 atom stereocenters. The standard InChI is InChI=1S/C16H14ClN3O/c1-21-15-5-3-11(17)9-12(15)16(18)10-2-4-13-14(8-10)20-7-6-19-13/h2-9,16H,18H2,1H3. The van der Waals surface area contributed by atoms with Gasteiger partial charge in [0.05, 0.1) is 24.2 Å². The van der Waals surface area contributed by atoms with Crippen LogP contribution in [0.15, 0.2) is 48.8 Å². The fourth-order valence-electron chi connectivity index (χ4n) is 2.30. The van der Waals surface area contributed by atoms with E-state index in [0.717, 1.165) is 22.2 Å². The summed E-state index contributed by atoms with van der Waals surface area (Å²) in [4.78, 5) is 8.56. The molecule has 1 unspecified atom stereocenters. The first-order chi connectivity index (χ1) is 10.2. The van der Waals surface area contributed by atoms with E-state index in [1.165, 1.54) is 0 Å². The largest absolute Gasteiger partial charge is 0.496 e. The van der Waals surface area contributed by atoms with Crippen molar-refractivity contribution in [3.63, 3.8) is 0 Å². The van der Waals surface area contributed by atoms with Crippen molar-refractivity contribution in [1.82, 2.24) is 9.97 Å². The van der Waals surface area contributed by atoms with Gasteiger partial charge in [-0.05, 0) is 35.9 Å². The van der Waals surface area contributed by atoms with Crippen LogP contribution in [-0.2, 0) is 0 Å². The average molecular weight is 300 g/mol. The summed E-state index contributed by atoms with van der Waals surface area (Å²) in [5.74, 6) is 0.714. The Morgan fingerprint density at radius 1 is 1.05 bits per heavy atom. The lowest BCUT2D eigenvalue weighted by Crippen LogP contribution is -2.13. The smallest absolute Gasteiger partial charge is 0.124 e. The van der Waals surface area contributed by atoms with E-state index in [9.17, 15) is 0 Å². The van der Waals surface area contributed by atoms with Crippen LogP contribution in [0.25, 0.3) is 11.0 Å². The van der Waals surface area contributed by atoms with Gasteiger partial charge in [-0.25, -0.2) is 0 Å². The molecule has 5 heteroatoms. The summed E-state index contributed by atoms with van der Waals surface area (Å²) in [6.45, 7) is 0. The van der Waals surface area contributed by atoms with E-state index >= 15 is 0 Å². The third-order valence-corrected chi connectivity index (χ3v) is 3.61. The van der Waals surface area contributed by atoms with Gasteiger partial charge in [0.1, 0.15) is 5.75 Å². The molecule has 4 nitrogen and oxygen atoms in total. The number of hydrogen-bond donors (Lipinski definition) is 1. The highest BCUT2D eigenvalue weighted by atomic mass is 35.5. The molecule has 21 heavy (non-hydrogen) atoms. The van der Waals surface area contributed by atoms with Crippen molar-refractivity contribution in [1.29, 1.82) is 0 Å². The van der Waals surface area contributed by atoms with E-state index in [4.69, 9.17) is 22.1 Å². The quantitative estimate of drug-likeness (QED) is 0.806. The molecule has 0 fully saturated rings. The Morgan fingerprint density at radius 3 is 2.57 bits per heavy atom. The maximum absolute atomic E-state index is 6.37. The molecule has 0 radical (unpaired) electrons. The number of benzene rings is 2. The van der Waals surface area contributed by atoms with Crippen LogP contribution in [0.3, 0.4) is 0 Å². The molecule has 0 aliphatic carbocycles. The molecule has 1 heterocycles. The first-order valence-corrected chi connectivity index (χ1v) is 6.86. The Balaban J connectivity index is 2.07. The van der Waals surface area contributed by atoms with Gasteiger partial charge in [0, 0.05) is 23.0 Å². The van der Waals surface area contributed by atoms with Crippen LogP contribution < -0.4 is 10.5 Å². The van der Waals surface area contributed by atoms with Crippen molar-refractivity contribution in [3.8, 4) is 5.75 Å². The van der Waals surface area contributed by atoms with Gasteiger partial charge in [0.25, 0.3) is 0 Å². The number of rotatable bonds is 3. The predicted octanol–water partition coefficient (Wildman–Crippen LogP) is 3.34. The van der Waals surface area contributed by atoms with Crippen LogP contribution in [0.4, 0.5) is 0 Å². The molecule has 0 aliphatic heterocycles. The minimum absolute atomic E-state index is 0.343. The van der Waals surface area contributed by atoms with Gasteiger partial charge in [-0.1, -0.05) is 17.7 Å². The van der Waals surface area contributed by atoms with Gasteiger partial charge in [-0.15, -0.1) is 0 Å². The molecule has 0 saturated heterocycles. The highest BCUT2D eigenvalue weighted by molar-refractivity contribution is 6.30. The van der Waals surface area contributed by atoms with Gasteiger partial charge >= 0.3 is 0 Å². The number of aromatic nitrogens is 2. The van der Waals surface area contributed by atoms with E-state index < -0.39 is 0 Å². The maximum atomic E-state index is 6.37. The average Bonchev–Trinajstić information content (AvgIpc) is 2.53. The molecular formula is C16H14ClN3O. The molecule has 0 saturated carbocycles. The summed E-state index contributed by atoms with van der Waals surface area (Å²) < 4.78 is 5.36. The Bertz CT molecular complexity index is 791. The van der Waals surface area contributed by atoms with Gasteiger partial charge in [0.2, 0.25) is 0 Å². The maximum Gasteiger partial charge on any atom is 0.124 e. The van der Waals surface area contributed by atoms with Crippen LogP contribution in [0.5, 0.6) is 5.75 Å². The number of halogens is 1. The molecule has 3 rings (SSSR count). The Kier molecular flexibility index (Phi) is 3.73. The number of ether oxygens (including phenoxy) is 1. The van der Waals surface area contributed by atoms with E-state index in [1.54, 1.807) is 25.6 Å². The second-order valence-corrected chi connectivity index (χ2v) is 5.10. The van der Waals surface area contributed by atoms with Gasteiger partial charge in [-0.3, -0.25) is 9.97 Å². The minimum atomic E-state index is -0.343. The molecule has 106 valence electrons. The Labute approximate surface area is 127 Å². The van der Waals surface area contributed by atoms with Crippen LogP contribution in [-0.4, -0.2) is 17.1 Å². The van der Waals surface area contributed by atoms with E-state index in [0.29, 0.717) is 10.8 Å². The third-order valence-electron chi connectivity index (χ3n) is 3.38. The van der Waals surface area contributed by atoms with Gasteiger partial charge in [0.15, 0.2) is 0 Å². The monoisotopic (exact) mass is 299 g/mol. The molecule has 1 aromatic heterocycles. The van der Waals surface area contributed by atoms with Crippen LogP contribution in [0.2, 0.25) is 5.02 Å². The van der Waals surface area contributed by atoms with E-state index in [2.05, 4.69) is 9.97 Å². The van der Waals surface area contributed by atoms with Gasteiger partial charge < -0.3 is 10.5 Å². The SMILES string of the molecule is COc1ccc(Cl)cc1C(N)c1ccc2nccnc2c1. The lowest BCUT2D eigenvalue weighted by molar-refractivity contribution is 0.408. The zero-order valence-electron chi connectivity index (χ0n) is 11.5. The number of methoxy groups -OCH3 is 1. The van der Waals surface area contributed by atoms with E-state index in [-0.39, 0.29) is 6.04 Å². The Hall–Kier alpha value is -2.17. The second-order valence-electron chi connectivity index (χ2n) is 4.67. The fraction of sp³-hybridized carbons (Fsp3) is 0.125.